The minimum absolute atomic E-state index is 0.664. The van der Waals surface area contributed by atoms with Crippen LogP contribution in [0.4, 0.5) is 0 Å². The third-order valence-corrected chi connectivity index (χ3v) is 10.4. The molecule has 2 heterocycles. The molecule has 0 N–H and O–H groups in total. The Morgan fingerprint density at radius 2 is 0.915 bits per heavy atom. The van der Waals surface area contributed by atoms with Crippen molar-refractivity contribution in [2.45, 2.75) is 0 Å². The van der Waals surface area contributed by atoms with E-state index in [9.17, 15) is 0 Å². The van der Waals surface area contributed by atoms with Crippen molar-refractivity contribution in [2.24, 2.45) is 0 Å². The molecule has 0 atom stereocenters. The summed E-state index contributed by atoms with van der Waals surface area (Å²) in [5.41, 5.74) is 2.95. The molecule has 0 fully saturated rings. The van der Waals surface area contributed by atoms with Gasteiger partial charge in [0, 0.05) is 36.9 Å². The smallest absolute Gasteiger partial charge is 0.164 e. The van der Waals surface area contributed by atoms with E-state index in [1.165, 1.54) is 57.9 Å². The number of thiophene rings is 1. The summed E-state index contributed by atoms with van der Waals surface area (Å²) in [6.45, 7) is 0. The van der Waals surface area contributed by atoms with Crippen molar-refractivity contribution >= 4 is 74.6 Å². The van der Waals surface area contributed by atoms with Crippen molar-refractivity contribution in [3.8, 4) is 34.2 Å². The molecule has 0 aliphatic carbocycles. The number of rotatable bonds is 3. The Hall–Kier alpha value is -5.97. The summed E-state index contributed by atoms with van der Waals surface area (Å²) < 4.78 is 2.49. The fourth-order valence-corrected chi connectivity index (χ4v) is 8.22. The molecule has 0 amide bonds. The highest BCUT2D eigenvalue weighted by Gasteiger charge is 2.17. The minimum Gasteiger partial charge on any atom is -0.208 e. The van der Waals surface area contributed by atoms with Gasteiger partial charge >= 0.3 is 0 Å². The average molecular weight is 616 g/mol. The van der Waals surface area contributed by atoms with Crippen LogP contribution in [0.3, 0.4) is 0 Å². The lowest BCUT2D eigenvalue weighted by molar-refractivity contribution is 1.08. The number of aromatic nitrogens is 3. The summed E-state index contributed by atoms with van der Waals surface area (Å²) >= 11 is 1.80. The van der Waals surface area contributed by atoms with Crippen LogP contribution >= 0.6 is 11.3 Å². The van der Waals surface area contributed by atoms with E-state index < -0.39 is 0 Å². The van der Waals surface area contributed by atoms with E-state index in [-0.39, 0.29) is 0 Å². The molecule has 8 aromatic carbocycles. The molecule has 4 heteroatoms. The van der Waals surface area contributed by atoms with Gasteiger partial charge in [0.25, 0.3) is 0 Å². The molecule has 2 aromatic heterocycles. The lowest BCUT2D eigenvalue weighted by atomic mass is 9.94. The topological polar surface area (TPSA) is 38.7 Å². The first-order valence-electron chi connectivity index (χ1n) is 15.8. The van der Waals surface area contributed by atoms with E-state index in [1.54, 1.807) is 11.3 Å². The van der Waals surface area contributed by atoms with Gasteiger partial charge < -0.3 is 0 Å². The molecule has 0 unspecified atom stereocenters. The zero-order valence-corrected chi connectivity index (χ0v) is 26.0. The van der Waals surface area contributed by atoms with E-state index in [2.05, 4.69) is 133 Å². The van der Waals surface area contributed by atoms with Gasteiger partial charge in [-0.05, 0) is 61.3 Å². The molecule has 0 saturated carbocycles. The quantitative estimate of drug-likeness (QED) is 0.186. The summed E-state index contributed by atoms with van der Waals surface area (Å²) in [5.74, 6) is 2.01. The third-order valence-electron chi connectivity index (χ3n) is 9.31. The number of nitrogens with zero attached hydrogens (tertiary/aromatic N) is 3. The normalized spacial score (nSPS) is 11.8. The molecular weight excluding hydrogens is 591 g/mol. The first-order chi connectivity index (χ1) is 23.3. The van der Waals surface area contributed by atoms with E-state index in [0.29, 0.717) is 17.5 Å². The van der Waals surface area contributed by atoms with Gasteiger partial charge in [0.05, 0.1) is 0 Å². The Labute approximate surface area is 274 Å². The van der Waals surface area contributed by atoms with E-state index in [1.807, 2.05) is 18.2 Å². The Kier molecular flexibility index (Phi) is 5.74. The van der Waals surface area contributed by atoms with Crippen molar-refractivity contribution < 1.29 is 0 Å². The number of hydrogen-bond acceptors (Lipinski definition) is 4. The molecule has 0 radical (unpaired) electrons. The second-order valence-corrected chi connectivity index (χ2v) is 13.1. The van der Waals surface area contributed by atoms with Crippen LogP contribution in [0.5, 0.6) is 0 Å². The molecule has 3 nitrogen and oxygen atoms in total. The maximum Gasteiger partial charge on any atom is 0.164 e. The highest BCUT2D eigenvalue weighted by molar-refractivity contribution is 7.25. The largest absolute Gasteiger partial charge is 0.208 e. The molecule has 47 heavy (non-hydrogen) atoms. The molecular formula is C43H25N3S. The Morgan fingerprint density at radius 3 is 1.74 bits per heavy atom. The van der Waals surface area contributed by atoms with Gasteiger partial charge in [-0.15, -0.1) is 11.3 Å². The number of fused-ring (bicyclic) bond motifs is 10. The summed E-state index contributed by atoms with van der Waals surface area (Å²) in [6, 6.07) is 53.9. The summed E-state index contributed by atoms with van der Waals surface area (Å²) in [7, 11) is 0. The Bertz CT molecular complexity index is 2850. The van der Waals surface area contributed by atoms with Crippen LogP contribution in [0.2, 0.25) is 0 Å². The van der Waals surface area contributed by atoms with E-state index >= 15 is 0 Å². The monoisotopic (exact) mass is 615 g/mol. The number of hydrogen-bond donors (Lipinski definition) is 0. The minimum atomic E-state index is 0.664. The van der Waals surface area contributed by atoms with Gasteiger partial charge in [-0.25, -0.2) is 15.0 Å². The molecule has 0 saturated heterocycles. The third kappa shape index (κ3) is 4.16. The van der Waals surface area contributed by atoms with Crippen LogP contribution in [0.15, 0.2) is 152 Å². The highest BCUT2D eigenvalue weighted by Crippen LogP contribution is 2.40. The lowest BCUT2D eigenvalue weighted by Crippen LogP contribution is -2.00. The van der Waals surface area contributed by atoms with Crippen molar-refractivity contribution in [1.29, 1.82) is 0 Å². The highest BCUT2D eigenvalue weighted by atomic mass is 32.1. The fourth-order valence-electron chi connectivity index (χ4n) is 7.09. The van der Waals surface area contributed by atoms with Gasteiger partial charge in [0.2, 0.25) is 0 Å². The summed E-state index contributed by atoms with van der Waals surface area (Å²) in [6.07, 6.45) is 0. The maximum atomic E-state index is 5.16. The Morgan fingerprint density at radius 1 is 0.340 bits per heavy atom. The van der Waals surface area contributed by atoms with Crippen LogP contribution < -0.4 is 0 Å². The van der Waals surface area contributed by atoms with Crippen LogP contribution in [-0.2, 0) is 0 Å². The molecule has 10 rings (SSSR count). The van der Waals surface area contributed by atoms with Crippen molar-refractivity contribution in [1.82, 2.24) is 15.0 Å². The van der Waals surface area contributed by atoms with Crippen LogP contribution in [0, 0.1) is 0 Å². The first-order valence-corrected chi connectivity index (χ1v) is 16.6. The molecule has 0 aliphatic rings. The second-order valence-electron chi connectivity index (χ2n) is 12.0. The standard InChI is InChI=1S/C43H25N3S/c1-2-10-27(11-3-1)41-44-42(46-43(45-41)37-14-8-16-39-40(37)36-13-6-7-15-38(36)47-39)29-19-20-31-28(25-29)18-22-35-33(31)24-23-32-30-12-5-4-9-26(30)17-21-34(32)35/h1-25H. The SMILES string of the molecule is c1ccc(-c2nc(-c3ccc4c(ccc5c4ccc4c6ccccc6ccc45)c3)nc(-c3cccc4sc5ccccc5c34)n2)cc1. The predicted octanol–water partition coefficient (Wildman–Crippen LogP) is 11.9. The van der Waals surface area contributed by atoms with Gasteiger partial charge in [-0.2, -0.15) is 0 Å². The predicted molar refractivity (Wildman–Crippen MR) is 199 cm³/mol. The van der Waals surface area contributed by atoms with Crippen molar-refractivity contribution in [2.75, 3.05) is 0 Å². The van der Waals surface area contributed by atoms with Gasteiger partial charge in [-0.1, -0.05) is 133 Å². The van der Waals surface area contributed by atoms with E-state index in [4.69, 9.17) is 15.0 Å². The fraction of sp³-hybridized carbons (Fsp3) is 0. The lowest BCUT2D eigenvalue weighted by Gasteiger charge is -2.12. The Balaban J connectivity index is 1.18. The average Bonchev–Trinajstić information content (AvgIpc) is 3.53. The zero-order valence-electron chi connectivity index (χ0n) is 25.2. The van der Waals surface area contributed by atoms with Gasteiger partial charge in [0.1, 0.15) is 0 Å². The molecule has 0 aliphatic heterocycles. The van der Waals surface area contributed by atoms with Crippen molar-refractivity contribution in [3.05, 3.63) is 152 Å². The van der Waals surface area contributed by atoms with E-state index in [0.717, 1.165) is 22.1 Å². The first kappa shape index (κ1) is 26.3. The molecule has 0 bridgehead atoms. The summed E-state index contributed by atoms with van der Waals surface area (Å²) in [4.78, 5) is 15.3. The van der Waals surface area contributed by atoms with Crippen LogP contribution in [0.25, 0.3) is 97.4 Å². The van der Waals surface area contributed by atoms with Crippen molar-refractivity contribution in [3.63, 3.8) is 0 Å². The summed E-state index contributed by atoms with van der Waals surface area (Å²) in [5, 5.41) is 12.4. The van der Waals surface area contributed by atoms with Gasteiger partial charge in [-0.3, -0.25) is 0 Å². The molecule has 0 spiro atoms. The van der Waals surface area contributed by atoms with Crippen LogP contribution in [-0.4, -0.2) is 15.0 Å². The maximum absolute atomic E-state index is 5.16. The van der Waals surface area contributed by atoms with Crippen LogP contribution in [0.1, 0.15) is 0 Å². The second kappa shape index (κ2) is 10.3. The van der Waals surface area contributed by atoms with Gasteiger partial charge in [0.15, 0.2) is 17.5 Å². The molecule has 218 valence electrons. The number of benzene rings is 8. The molecule has 10 aromatic rings. The zero-order chi connectivity index (χ0) is 30.9.